The smallest absolute Gasteiger partial charge is 0.304 e. The van der Waals surface area contributed by atoms with E-state index in [1.54, 1.807) is 14.2 Å². The van der Waals surface area contributed by atoms with Gasteiger partial charge in [0.05, 0.1) is 20.6 Å². The summed E-state index contributed by atoms with van der Waals surface area (Å²) in [6.45, 7) is 0.231. The van der Waals surface area contributed by atoms with Gasteiger partial charge in [-0.25, -0.2) is 0 Å². The highest BCUT2D eigenvalue weighted by Crippen LogP contribution is 2.24. The minimum absolute atomic E-state index is 0.0694. The van der Waals surface area contributed by atoms with Gasteiger partial charge in [0, 0.05) is 6.54 Å². The highest BCUT2D eigenvalue weighted by molar-refractivity contribution is 5.66. The lowest BCUT2D eigenvalue weighted by Gasteiger charge is -2.04. The van der Waals surface area contributed by atoms with Crippen LogP contribution in [-0.4, -0.2) is 31.8 Å². The van der Waals surface area contributed by atoms with Crippen LogP contribution in [0.5, 0.6) is 11.5 Å². The molecule has 5 heteroatoms. The normalized spacial score (nSPS) is 8.69. The summed E-state index contributed by atoms with van der Waals surface area (Å²) in [5.74, 6) is 0.701. The Labute approximate surface area is 94.8 Å². The lowest BCUT2D eigenvalue weighted by molar-refractivity contribution is -0.136. The molecule has 1 aromatic rings. The Balaban J connectivity index is 0.000000325. The summed E-state index contributed by atoms with van der Waals surface area (Å²) in [7, 11) is 3.25. The van der Waals surface area contributed by atoms with E-state index in [1.807, 2.05) is 24.3 Å². The summed E-state index contributed by atoms with van der Waals surface area (Å²) >= 11 is 0. The van der Waals surface area contributed by atoms with Gasteiger partial charge in [0.25, 0.3) is 0 Å². The minimum atomic E-state index is -0.836. The topological polar surface area (TPSA) is 81.8 Å². The van der Waals surface area contributed by atoms with Gasteiger partial charge in [0.1, 0.15) is 0 Å². The number of carboxylic acids is 1. The maximum atomic E-state index is 9.52. The number of rotatable bonds is 4. The molecule has 0 atom stereocenters. The molecule has 3 N–H and O–H groups in total. The Bertz CT molecular complexity index is 292. The molecule has 5 nitrogen and oxygen atoms in total. The summed E-state index contributed by atoms with van der Waals surface area (Å²) in [6, 6.07) is 7.53. The fourth-order valence-corrected chi connectivity index (χ4v) is 0.911. The van der Waals surface area contributed by atoms with Crippen molar-refractivity contribution in [3.8, 4) is 11.5 Å². The van der Waals surface area contributed by atoms with Gasteiger partial charge in [0.15, 0.2) is 11.5 Å². The summed E-state index contributed by atoms with van der Waals surface area (Å²) in [6.07, 6.45) is 0.0694. The number of hydrogen-bond donors (Lipinski definition) is 2. The van der Waals surface area contributed by atoms with Gasteiger partial charge in [-0.1, -0.05) is 12.1 Å². The van der Waals surface area contributed by atoms with Crippen LogP contribution in [0.2, 0.25) is 0 Å². The number of benzene rings is 1. The Hall–Kier alpha value is -1.75. The van der Waals surface area contributed by atoms with Crippen LogP contribution in [0.3, 0.4) is 0 Å². The highest BCUT2D eigenvalue weighted by Gasteiger charge is 1.97. The van der Waals surface area contributed by atoms with Gasteiger partial charge < -0.3 is 20.3 Å². The van der Waals surface area contributed by atoms with Crippen LogP contribution in [0.4, 0.5) is 0 Å². The first-order chi connectivity index (χ1) is 7.65. The molecule has 0 radical (unpaired) electrons. The maximum absolute atomic E-state index is 9.52. The van der Waals surface area contributed by atoms with E-state index in [4.69, 9.17) is 20.3 Å². The summed E-state index contributed by atoms with van der Waals surface area (Å²) in [5, 5.41) is 7.83. The second-order valence-corrected chi connectivity index (χ2v) is 2.79. The molecule has 1 aromatic carbocycles. The van der Waals surface area contributed by atoms with Gasteiger partial charge in [-0.3, -0.25) is 4.79 Å². The molecular weight excluding hydrogens is 210 g/mol. The first kappa shape index (κ1) is 14.2. The lowest BCUT2D eigenvalue weighted by atomic mass is 10.3. The Kier molecular flexibility index (Phi) is 7.61. The van der Waals surface area contributed by atoms with Crippen molar-refractivity contribution in [1.82, 2.24) is 0 Å². The molecule has 16 heavy (non-hydrogen) atoms. The Morgan fingerprint density at radius 2 is 1.69 bits per heavy atom. The van der Waals surface area contributed by atoms with Crippen molar-refractivity contribution in [2.24, 2.45) is 5.73 Å². The first-order valence-corrected chi connectivity index (χ1v) is 4.74. The van der Waals surface area contributed by atoms with Gasteiger partial charge in [-0.2, -0.15) is 0 Å². The zero-order chi connectivity index (χ0) is 12.4. The summed E-state index contributed by atoms with van der Waals surface area (Å²) in [5.41, 5.74) is 4.85. The molecule has 0 aliphatic carbocycles. The number of hydrogen-bond acceptors (Lipinski definition) is 4. The van der Waals surface area contributed by atoms with Crippen molar-refractivity contribution < 1.29 is 19.4 Å². The highest BCUT2D eigenvalue weighted by atomic mass is 16.5. The average molecular weight is 227 g/mol. The van der Waals surface area contributed by atoms with Crippen LogP contribution in [0.15, 0.2) is 24.3 Å². The van der Waals surface area contributed by atoms with E-state index in [9.17, 15) is 4.79 Å². The molecule has 0 unspecified atom stereocenters. The molecule has 0 saturated carbocycles. The molecule has 0 aliphatic rings. The van der Waals surface area contributed by atoms with Crippen molar-refractivity contribution in [2.45, 2.75) is 6.42 Å². The third kappa shape index (κ3) is 5.87. The second kappa shape index (κ2) is 8.55. The number of para-hydroxylation sites is 2. The Morgan fingerprint density at radius 3 is 1.88 bits per heavy atom. The quantitative estimate of drug-likeness (QED) is 0.805. The SMILES string of the molecule is COc1ccccc1OC.NCCC(=O)O. The molecule has 0 aromatic heterocycles. The molecular formula is C11H17NO4. The van der Waals surface area contributed by atoms with E-state index in [0.717, 1.165) is 11.5 Å². The number of methoxy groups -OCH3 is 2. The molecule has 0 bridgehead atoms. The lowest BCUT2D eigenvalue weighted by Crippen LogP contribution is -2.05. The second-order valence-electron chi connectivity index (χ2n) is 2.79. The zero-order valence-corrected chi connectivity index (χ0v) is 9.47. The van der Waals surface area contributed by atoms with Gasteiger partial charge in [-0.15, -0.1) is 0 Å². The molecule has 1 rings (SSSR count). The molecule has 0 heterocycles. The summed E-state index contributed by atoms with van der Waals surface area (Å²) in [4.78, 5) is 9.52. The minimum Gasteiger partial charge on any atom is -0.493 e. The summed E-state index contributed by atoms with van der Waals surface area (Å²) < 4.78 is 10.0. The molecule has 0 spiro atoms. The molecule has 0 saturated heterocycles. The fraction of sp³-hybridized carbons (Fsp3) is 0.364. The largest absolute Gasteiger partial charge is 0.493 e. The Morgan fingerprint density at radius 1 is 1.25 bits per heavy atom. The number of nitrogens with two attached hydrogens (primary N) is 1. The predicted octanol–water partition coefficient (Wildman–Crippen LogP) is 1.12. The van der Waals surface area contributed by atoms with Gasteiger partial charge in [-0.05, 0) is 12.1 Å². The van der Waals surface area contributed by atoms with Gasteiger partial charge >= 0.3 is 5.97 Å². The van der Waals surface area contributed by atoms with Crippen LogP contribution < -0.4 is 15.2 Å². The zero-order valence-electron chi connectivity index (χ0n) is 9.47. The monoisotopic (exact) mass is 227 g/mol. The van der Waals surface area contributed by atoms with Crippen LogP contribution in [0.1, 0.15) is 6.42 Å². The van der Waals surface area contributed by atoms with Crippen LogP contribution in [-0.2, 0) is 4.79 Å². The third-order valence-electron chi connectivity index (χ3n) is 1.65. The molecule has 90 valence electrons. The maximum Gasteiger partial charge on any atom is 0.304 e. The first-order valence-electron chi connectivity index (χ1n) is 4.74. The van der Waals surface area contributed by atoms with Crippen molar-refractivity contribution in [3.63, 3.8) is 0 Å². The van der Waals surface area contributed by atoms with Crippen molar-refractivity contribution in [2.75, 3.05) is 20.8 Å². The van der Waals surface area contributed by atoms with Crippen molar-refractivity contribution >= 4 is 5.97 Å². The number of ether oxygens (including phenoxy) is 2. The van der Waals surface area contributed by atoms with Crippen LogP contribution in [0, 0.1) is 0 Å². The molecule has 0 amide bonds. The molecule has 0 aliphatic heterocycles. The van der Waals surface area contributed by atoms with Crippen molar-refractivity contribution in [1.29, 1.82) is 0 Å². The van der Waals surface area contributed by atoms with E-state index in [1.165, 1.54) is 0 Å². The third-order valence-corrected chi connectivity index (χ3v) is 1.65. The van der Waals surface area contributed by atoms with E-state index in [-0.39, 0.29) is 13.0 Å². The standard InChI is InChI=1S/C8H10O2.C3H7NO2/c1-9-7-5-3-4-6-8(7)10-2;4-2-1-3(5)6/h3-6H,1-2H3;1-2,4H2,(H,5,6). The predicted molar refractivity (Wildman–Crippen MR) is 60.9 cm³/mol. The average Bonchev–Trinajstić information content (AvgIpc) is 2.29. The van der Waals surface area contributed by atoms with E-state index < -0.39 is 5.97 Å². The van der Waals surface area contributed by atoms with E-state index >= 15 is 0 Å². The fourth-order valence-electron chi connectivity index (χ4n) is 0.911. The van der Waals surface area contributed by atoms with Crippen molar-refractivity contribution in [3.05, 3.63) is 24.3 Å². The van der Waals surface area contributed by atoms with Crippen LogP contribution >= 0.6 is 0 Å². The van der Waals surface area contributed by atoms with E-state index in [0.29, 0.717) is 0 Å². The van der Waals surface area contributed by atoms with E-state index in [2.05, 4.69) is 0 Å². The number of carboxylic acid groups (broad SMARTS) is 1. The van der Waals surface area contributed by atoms with Gasteiger partial charge in [0.2, 0.25) is 0 Å². The molecule has 0 fully saturated rings. The number of aliphatic carboxylic acids is 1. The van der Waals surface area contributed by atoms with Crippen LogP contribution in [0.25, 0.3) is 0 Å². The number of carbonyl (C=O) groups is 1.